The van der Waals surface area contributed by atoms with Gasteiger partial charge in [-0.2, -0.15) is 0 Å². The van der Waals surface area contributed by atoms with Crippen molar-refractivity contribution >= 4 is 34.3 Å². The van der Waals surface area contributed by atoms with Gasteiger partial charge < -0.3 is 14.5 Å². The van der Waals surface area contributed by atoms with Gasteiger partial charge in [-0.15, -0.1) is 11.8 Å². The lowest BCUT2D eigenvalue weighted by Gasteiger charge is -2.09. The van der Waals surface area contributed by atoms with E-state index >= 15 is 0 Å². The number of anilines is 1. The molecule has 27 heavy (non-hydrogen) atoms. The molecule has 0 saturated heterocycles. The summed E-state index contributed by atoms with van der Waals surface area (Å²) in [6.07, 6.45) is 2.51. The van der Waals surface area contributed by atoms with Crippen LogP contribution in [0.15, 0.2) is 56.6 Å². The number of nitrogens with one attached hydrogen (secondary N) is 1. The number of aryl methyl sites for hydroxylation is 1. The van der Waals surface area contributed by atoms with Gasteiger partial charge in [-0.05, 0) is 55.5 Å². The van der Waals surface area contributed by atoms with Crippen molar-refractivity contribution in [3.05, 3.63) is 64.0 Å². The van der Waals surface area contributed by atoms with Crippen LogP contribution >= 0.6 is 11.8 Å². The molecule has 0 aliphatic carbocycles. The van der Waals surface area contributed by atoms with Gasteiger partial charge in [-0.1, -0.05) is 6.07 Å². The van der Waals surface area contributed by atoms with Crippen LogP contribution in [0.5, 0.6) is 5.75 Å². The Kier molecular flexibility index (Phi) is 5.86. The number of carbonyl (C=O) groups is 1. The summed E-state index contributed by atoms with van der Waals surface area (Å²) in [6.45, 7) is 1.88. The van der Waals surface area contributed by atoms with E-state index in [1.165, 1.54) is 0 Å². The molecule has 0 spiro atoms. The number of methoxy groups -OCH3 is 1. The molecule has 2 aromatic carbocycles. The average molecular weight is 383 g/mol. The largest absolute Gasteiger partial charge is 0.497 e. The smallest absolute Gasteiger partial charge is 0.339 e. The molecule has 0 atom stereocenters. The summed E-state index contributed by atoms with van der Waals surface area (Å²) in [7, 11) is 1.56. The molecule has 0 unspecified atom stereocenters. The summed E-state index contributed by atoms with van der Waals surface area (Å²) in [5, 5.41) is 3.72. The van der Waals surface area contributed by atoms with E-state index < -0.39 is 5.63 Å². The minimum absolute atomic E-state index is 0.137. The van der Waals surface area contributed by atoms with E-state index in [9.17, 15) is 9.59 Å². The molecule has 1 N–H and O–H groups in total. The number of hydrogen-bond donors (Lipinski definition) is 1. The zero-order valence-corrected chi connectivity index (χ0v) is 16.3. The first-order chi connectivity index (χ1) is 13.0. The van der Waals surface area contributed by atoms with Crippen molar-refractivity contribution in [2.45, 2.75) is 24.7 Å². The summed E-state index contributed by atoms with van der Waals surface area (Å²) in [5.74, 6) is 0.492. The first-order valence-electron chi connectivity index (χ1n) is 8.56. The third-order valence-electron chi connectivity index (χ3n) is 4.45. The summed E-state index contributed by atoms with van der Waals surface area (Å²) >= 11 is 1.61. The van der Waals surface area contributed by atoms with Crippen LogP contribution in [-0.4, -0.2) is 19.3 Å². The Morgan fingerprint density at radius 3 is 2.78 bits per heavy atom. The summed E-state index contributed by atoms with van der Waals surface area (Å²) in [5.41, 5.74) is 2.19. The van der Waals surface area contributed by atoms with Gasteiger partial charge in [-0.3, -0.25) is 4.79 Å². The molecule has 0 aliphatic rings. The fraction of sp³-hybridized carbons (Fsp3) is 0.238. The molecular formula is C21H21NO4S. The summed E-state index contributed by atoms with van der Waals surface area (Å²) in [4.78, 5) is 25.7. The predicted molar refractivity (Wildman–Crippen MR) is 109 cm³/mol. The lowest BCUT2D eigenvalue weighted by Crippen LogP contribution is -2.16. The maximum atomic E-state index is 12.4. The van der Waals surface area contributed by atoms with Gasteiger partial charge in [0, 0.05) is 34.0 Å². The molecule has 1 amide bonds. The molecule has 3 rings (SSSR count). The normalized spacial score (nSPS) is 10.8. The first-order valence-corrected chi connectivity index (χ1v) is 9.78. The topological polar surface area (TPSA) is 68.5 Å². The SMILES string of the molecule is COc1ccc2c(C)c(CCC(=O)Nc3cccc(SC)c3)c(=O)oc2c1. The zero-order valence-electron chi connectivity index (χ0n) is 15.5. The van der Waals surface area contributed by atoms with E-state index in [0.29, 0.717) is 23.3 Å². The Balaban J connectivity index is 1.76. The fourth-order valence-corrected chi connectivity index (χ4v) is 3.41. The molecule has 5 nitrogen and oxygen atoms in total. The van der Waals surface area contributed by atoms with Gasteiger partial charge in [0.2, 0.25) is 5.91 Å². The second kappa shape index (κ2) is 8.31. The molecule has 0 aliphatic heterocycles. The zero-order chi connectivity index (χ0) is 19.4. The van der Waals surface area contributed by atoms with Gasteiger partial charge in [0.15, 0.2) is 0 Å². The predicted octanol–water partition coefficient (Wildman–Crippen LogP) is 4.40. The van der Waals surface area contributed by atoms with E-state index in [-0.39, 0.29) is 12.3 Å². The maximum Gasteiger partial charge on any atom is 0.339 e. The minimum atomic E-state index is -0.412. The summed E-state index contributed by atoms with van der Waals surface area (Å²) in [6, 6.07) is 13.0. The number of amides is 1. The minimum Gasteiger partial charge on any atom is -0.497 e. The number of rotatable bonds is 6. The monoisotopic (exact) mass is 383 g/mol. The molecule has 3 aromatic rings. The number of hydrogen-bond acceptors (Lipinski definition) is 5. The second-order valence-electron chi connectivity index (χ2n) is 6.14. The standard InChI is InChI=1S/C21H21NO4S/c1-13-17-8-7-15(25-2)12-19(17)26-21(24)18(13)9-10-20(23)22-14-5-4-6-16(11-14)27-3/h4-8,11-12H,9-10H2,1-3H3,(H,22,23). The highest BCUT2D eigenvalue weighted by molar-refractivity contribution is 7.98. The van der Waals surface area contributed by atoms with Crippen LogP contribution in [0.3, 0.4) is 0 Å². The number of thioether (sulfide) groups is 1. The van der Waals surface area contributed by atoms with Crippen molar-refractivity contribution in [2.75, 3.05) is 18.7 Å². The lowest BCUT2D eigenvalue weighted by molar-refractivity contribution is -0.116. The summed E-state index contributed by atoms with van der Waals surface area (Å²) < 4.78 is 10.6. The molecule has 140 valence electrons. The highest BCUT2D eigenvalue weighted by Gasteiger charge is 2.14. The van der Waals surface area contributed by atoms with Crippen LogP contribution in [0, 0.1) is 6.92 Å². The van der Waals surface area contributed by atoms with Gasteiger partial charge in [0.05, 0.1) is 7.11 Å². The number of carbonyl (C=O) groups excluding carboxylic acids is 1. The van der Waals surface area contributed by atoms with Gasteiger partial charge >= 0.3 is 5.63 Å². The highest BCUT2D eigenvalue weighted by Crippen LogP contribution is 2.24. The lowest BCUT2D eigenvalue weighted by atomic mass is 10.0. The Bertz CT molecular complexity index is 1040. The van der Waals surface area contributed by atoms with E-state index in [2.05, 4.69) is 5.32 Å². The molecule has 0 radical (unpaired) electrons. The van der Waals surface area contributed by atoms with Gasteiger partial charge in [-0.25, -0.2) is 4.79 Å². The van der Waals surface area contributed by atoms with Crippen molar-refractivity contribution < 1.29 is 13.9 Å². The van der Waals surface area contributed by atoms with Crippen molar-refractivity contribution in [3.8, 4) is 5.75 Å². The second-order valence-corrected chi connectivity index (χ2v) is 7.01. The quantitative estimate of drug-likeness (QED) is 0.505. The Morgan fingerprint density at radius 2 is 2.04 bits per heavy atom. The first kappa shape index (κ1) is 19.0. The van der Waals surface area contributed by atoms with Gasteiger partial charge in [0.25, 0.3) is 0 Å². The Morgan fingerprint density at radius 1 is 1.22 bits per heavy atom. The van der Waals surface area contributed by atoms with E-state index in [1.807, 2.05) is 49.6 Å². The molecule has 6 heteroatoms. The highest BCUT2D eigenvalue weighted by atomic mass is 32.2. The third kappa shape index (κ3) is 4.34. The average Bonchev–Trinajstić information content (AvgIpc) is 2.67. The maximum absolute atomic E-state index is 12.4. The Labute approximate surface area is 161 Å². The Hall–Kier alpha value is -2.73. The van der Waals surface area contributed by atoms with E-state index in [4.69, 9.17) is 9.15 Å². The van der Waals surface area contributed by atoms with Crippen LogP contribution in [0.1, 0.15) is 17.5 Å². The van der Waals surface area contributed by atoms with Gasteiger partial charge in [0.1, 0.15) is 11.3 Å². The van der Waals surface area contributed by atoms with Crippen molar-refractivity contribution in [3.63, 3.8) is 0 Å². The number of benzene rings is 2. The van der Waals surface area contributed by atoms with Crippen LogP contribution < -0.4 is 15.7 Å². The third-order valence-corrected chi connectivity index (χ3v) is 5.18. The molecule has 0 fully saturated rings. The van der Waals surface area contributed by atoms with Crippen LogP contribution in [0.4, 0.5) is 5.69 Å². The van der Waals surface area contributed by atoms with Crippen molar-refractivity contribution in [1.82, 2.24) is 0 Å². The van der Waals surface area contributed by atoms with Crippen LogP contribution in [0.2, 0.25) is 0 Å². The molecule has 1 heterocycles. The number of fused-ring (bicyclic) bond motifs is 1. The fourth-order valence-electron chi connectivity index (χ4n) is 2.95. The van der Waals surface area contributed by atoms with Crippen LogP contribution in [-0.2, 0) is 11.2 Å². The van der Waals surface area contributed by atoms with Crippen molar-refractivity contribution in [2.24, 2.45) is 0 Å². The molecular weight excluding hydrogens is 362 g/mol. The van der Waals surface area contributed by atoms with E-state index in [0.717, 1.165) is 21.5 Å². The van der Waals surface area contributed by atoms with Crippen LogP contribution in [0.25, 0.3) is 11.0 Å². The molecule has 0 bridgehead atoms. The van der Waals surface area contributed by atoms with Crippen molar-refractivity contribution in [1.29, 1.82) is 0 Å². The molecule has 0 saturated carbocycles. The molecule has 1 aromatic heterocycles. The van der Waals surface area contributed by atoms with E-state index in [1.54, 1.807) is 24.9 Å². The number of ether oxygens (including phenoxy) is 1.